The first-order chi connectivity index (χ1) is 10.2. The van der Waals surface area contributed by atoms with Crippen LogP contribution in [0, 0.1) is 5.92 Å². The Morgan fingerprint density at radius 1 is 1.52 bits per heavy atom. The van der Waals surface area contributed by atoms with Gasteiger partial charge in [-0.3, -0.25) is 4.57 Å². The number of piperidine rings is 1. The van der Waals surface area contributed by atoms with Gasteiger partial charge in [0.15, 0.2) is 5.58 Å². The van der Waals surface area contributed by atoms with Crippen LogP contribution in [0.15, 0.2) is 27.4 Å². The molecule has 0 amide bonds. The van der Waals surface area contributed by atoms with Gasteiger partial charge in [0.05, 0.1) is 11.6 Å². The Bertz CT molecular complexity index is 668. The maximum absolute atomic E-state index is 11.8. The number of benzene rings is 1. The van der Waals surface area contributed by atoms with Gasteiger partial charge < -0.3 is 14.8 Å². The quantitative estimate of drug-likeness (QED) is 0.904. The number of hydrogen-bond acceptors (Lipinski definition) is 4. The van der Waals surface area contributed by atoms with Crippen LogP contribution >= 0.6 is 0 Å². The Labute approximate surface area is 123 Å². The molecular weight excluding hydrogens is 268 g/mol. The van der Waals surface area contributed by atoms with Crippen molar-refractivity contribution < 1.29 is 9.52 Å². The van der Waals surface area contributed by atoms with Gasteiger partial charge in [-0.15, -0.1) is 0 Å². The summed E-state index contributed by atoms with van der Waals surface area (Å²) in [6, 6.07) is 5.59. The van der Waals surface area contributed by atoms with Crippen molar-refractivity contribution in [2.24, 2.45) is 5.92 Å². The second-order valence-corrected chi connectivity index (χ2v) is 5.80. The molecule has 3 rings (SSSR count). The minimum Gasteiger partial charge on any atom is -0.408 e. The zero-order chi connectivity index (χ0) is 14.8. The lowest BCUT2D eigenvalue weighted by Gasteiger charge is -2.27. The van der Waals surface area contributed by atoms with Crippen LogP contribution in [0.5, 0.6) is 0 Å². The standard InChI is InChI=1S/C16H22N2O3/c1-2-8-18-13-6-5-11(9-14(13)21-16(18)20)15(19)12-4-3-7-17-10-12/h5-6,9,12,15,17,19H,2-4,7-8,10H2,1H3. The SMILES string of the molecule is CCCn1c(=O)oc2cc(C(O)C3CCCNC3)ccc21. The van der Waals surface area contributed by atoms with Gasteiger partial charge in [-0.25, -0.2) is 4.79 Å². The molecule has 0 radical (unpaired) electrons. The number of nitrogens with one attached hydrogen (secondary N) is 1. The summed E-state index contributed by atoms with van der Waals surface area (Å²) in [5.41, 5.74) is 2.20. The van der Waals surface area contributed by atoms with E-state index >= 15 is 0 Å². The van der Waals surface area contributed by atoms with Crippen LogP contribution in [0.3, 0.4) is 0 Å². The van der Waals surface area contributed by atoms with E-state index in [1.165, 1.54) is 0 Å². The molecule has 0 saturated carbocycles. The normalized spacial score (nSPS) is 20.8. The van der Waals surface area contributed by atoms with Crippen molar-refractivity contribution in [3.05, 3.63) is 34.3 Å². The molecule has 2 N–H and O–H groups in total. The third-order valence-electron chi connectivity index (χ3n) is 4.26. The van der Waals surface area contributed by atoms with Crippen molar-refractivity contribution in [3.8, 4) is 0 Å². The van der Waals surface area contributed by atoms with Gasteiger partial charge >= 0.3 is 5.76 Å². The minimum absolute atomic E-state index is 0.223. The molecule has 2 unspecified atom stereocenters. The van der Waals surface area contributed by atoms with E-state index in [0.717, 1.165) is 43.4 Å². The van der Waals surface area contributed by atoms with E-state index in [1.807, 2.05) is 25.1 Å². The second-order valence-electron chi connectivity index (χ2n) is 5.80. The number of rotatable bonds is 4. The highest BCUT2D eigenvalue weighted by Gasteiger charge is 2.23. The smallest absolute Gasteiger partial charge is 0.408 e. The molecule has 0 bridgehead atoms. The number of aliphatic hydroxyl groups excluding tert-OH is 1. The zero-order valence-corrected chi connectivity index (χ0v) is 12.3. The Hall–Kier alpha value is -1.59. The van der Waals surface area contributed by atoms with Crippen molar-refractivity contribution in [2.45, 2.75) is 38.8 Å². The number of fused-ring (bicyclic) bond motifs is 1. The number of oxazole rings is 1. The molecule has 21 heavy (non-hydrogen) atoms. The van der Waals surface area contributed by atoms with Crippen LogP contribution in [0.2, 0.25) is 0 Å². The molecule has 5 nitrogen and oxygen atoms in total. The van der Waals surface area contributed by atoms with Crippen molar-refractivity contribution >= 4 is 11.1 Å². The highest BCUT2D eigenvalue weighted by molar-refractivity contribution is 5.73. The Kier molecular flexibility index (Phi) is 4.12. The monoisotopic (exact) mass is 290 g/mol. The summed E-state index contributed by atoms with van der Waals surface area (Å²) >= 11 is 0. The van der Waals surface area contributed by atoms with Crippen LogP contribution in [0.4, 0.5) is 0 Å². The van der Waals surface area contributed by atoms with Crippen LogP contribution in [0.25, 0.3) is 11.1 Å². The van der Waals surface area contributed by atoms with Gasteiger partial charge in [0.25, 0.3) is 0 Å². The molecule has 0 aliphatic carbocycles. The molecule has 2 heterocycles. The summed E-state index contributed by atoms with van der Waals surface area (Å²) in [6.45, 7) is 4.54. The predicted octanol–water partition coefficient (Wildman–Crippen LogP) is 2.04. The fourth-order valence-corrected chi connectivity index (χ4v) is 3.12. The van der Waals surface area contributed by atoms with Crippen LogP contribution in [0.1, 0.15) is 37.9 Å². The topological polar surface area (TPSA) is 67.4 Å². The fourth-order valence-electron chi connectivity index (χ4n) is 3.12. The average molecular weight is 290 g/mol. The maximum Gasteiger partial charge on any atom is 0.419 e. The molecule has 1 aliphatic heterocycles. The summed E-state index contributed by atoms with van der Waals surface area (Å²) in [7, 11) is 0. The zero-order valence-electron chi connectivity index (χ0n) is 12.3. The summed E-state index contributed by atoms with van der Waals surface area (Å²) in [4.78, 5) is 11.8. The molecule has 1 fully saturated rings. The van der Waals surface area contributed by atoms with E-state index in [0.29, 0.717) is 12.1 Å². The number of hydrogen-bond donors (Lipinski definition) is 2. The number of aromatic nitrogens is 1. The molecule has 1 aromatic heterocycles. The van der Waals surface area contributed by atoms with Crippen molar-refractivity contribution in [2.75, 3.05) is 13.1 Å². The van der Waals surface area contributed by atoms with Crippen LogP contribution in [-0.4, -0.2) is 22.8 Å². The second kappa shape index (κ2) is 6.03. The first-order valence-corrected chi connectivity index (χ1v) is 7.72. The van der Waals surface area contributed by atoms with E-state index in [2.05, 4.69) is 5.32 Å². The largest absolute Gasteiger partial charge is 0.419 e. The first kappa shape index (κ1) is 14.4. The number of aliphatic hydroxyl groups is 1. The highest BCUT2D eigenvalue weighted by atomic mass is 16.4. The van der Waals surface area contributed by atoms with Crippen molar-refractivity contribution in [3.63, 3.8) is 0 Å². The molecule has 0 spiro atoms. The van der Waals surface area contributed by atoms with Gasteiger partial charge in [-0.2, -0.15) is 0 Å². The van der Waals surface area contributed by atoms with Crippen molar-refractivity contribution in [1.29, 1.82) is 0 Å². The lowest BCUT2D eigenvalue weighted by Crippen LogP contribution is -2.33. The van der Waals surface area contributed by atoms with Gasteiger partial charge in [-0.1, -0.05) is 13.0 Å². The van der Waals surface area contributed by atoms with E-state index < -0.39 is 6.10 Å². The molecular formula is C16H22N2O3. The van der Waals surface area contributed by atoms with E-state index in [-0.39, 0.29) is 11.7 Å². The fraction of sp³-hybridized carbons (Fsp3) is 0.562. The maximum atomic E-state index is 11.8. The third kappa shape index (κ3) is 2.76. The van der Waals surface area contributed by atoms with Gasteiger partial charge in [-0.05, 0) is 43.5 Å². The Morgan fingerprint density at radius 3 is 3.10 bits per heavy atom. The van der Waals surface area contributed by atoms with Crippen LogP contribution in [-0.2, 0) is 6.54 Å². The third-order valence-corrected chi connectivity index (χ3v) is 4.26. The molecule has 114 valence electrons. The molecule has 1 aromatic carbocycles. The lowest BCUT2D eigenvalue weighted by atomic mass is 9.89. The summed E-state index contributed by atoms with van der Waals surface area (Å²) in [6.07, 6.45) is 2.48. The minimum atomic E-state index is -0.512. The van der Waals surface area contributed by atoms with Gasteiger partial charge in [0.1, 0.15) is 0 Å². The van der Waals surface area contributed by atoms with Crippen LogP contribution < -0.4 is 11.1 Å². The Balaban J connectivity index is 1.92. The average Bonchev–Trinajstić information content (AvgIpc) is 2.83. The Morgan fingerprint density at radius 2 is 2.38 bits per heavy atom. The molecule has 5 heteroatoms. The van der Waals surface area contributed by atoms with E-state index in [4.69, 9.17) is 4.42 Å². The number of nitrogens with zero attached hydrogens (tertiary/aromatic N) is 1. The predicted molar refractivity (Wildman–Crippen MR) is 81.3 cm³/mol. The first-order valence-electron chi connectivity index (χ1n) is 7.72. The summed E-state index contributed by atoms with van der Waals surface area (Å²) < 4.78 is 6.96. The molecule has 1 aliphatic rings. The molecule has 1 saturated heterocycles. The van der Waals surface area contributed by atoms with E-state index in [9.17, 15) is 9.90 Å². The summed E-state index contributed by atoms with van der Waals surface area (Å²) in [5.74, 6) is -0.0986. The number of aryl methyl sites for hydroxylation is 1. The van der Waals surface area contributed by atoms with Crippen molar-refractivity contribution in [1.82, 2.24) is 9.88 Å². The summed E-state index contributed by atoms with van der Waals surface area (Å²) in [5, 5.41) is 13.8. The molecule has 2 aromatic rings. The van der Waals surface area contributed by atoms with Gasteiger partial charge in [0, 0.05) is 19.0 Å². The van der Waals surface area contributed by atoms with E-state index in [1.54, 1.807) is 4.57 Å². The molecule has 2 atom stereocenters. The highest BCUT2D eigenvalue weighted by Crippen LogP contribution is 2.29. The van der Waals surface area contributed by atoms with Gasteiger partial charge in [0.2, 0.25) is 0 Å². The lowest BCUT2D eigenvalue weighted by molar-refractivity contribution is 0.0922.